The van der Waals surface area contributed by atoms with Gasteiger partial charge in [0.05, 0.1) is 23.7 Å². The first-order chi connectivity index (χ1) is 21.9. The summed E-state index contributed by atoms with van der Waals surface area (Å²) < 4.78 is 11.5. The summed E-state index contributed by atoms with van der Waals surface area (Å²) in [6, 6.07) is 0. The highest BCUT2D eigenvalue weighted by Crippen LogP contribution is 2.74. The predicted molar refractivity (Wildman–Crippen MR) is 171 cm³/mol. The Kier molecular flexibility index (Phi) is 9.12. The molecule has 5 aliphatic rings. The SMILES string of the molecule is CC(C)(O)CCC(=O)[C@](C)(O)[C@H]1[C@H](O)C[C@@]2(C)[C@H]3CC=C4[C@H](C=C(O[C@H]5O[C@@H](CO)[C@H](O)[C@@H](O)[C@@H]5O)C(=O)C4(C)C)[C@]3(C)C(=O)C[C@]12C. The third-order valence-corrected chi connectivity index (χ3v) is 13.2. The van der Waals surface area contributed by atoms with Gasteiger partial charge in [-0.05, 0) is 76.7 Å². The van der Waals surface area contributed by atoms with Crippen molar-refractivity contribution in [3.8, 4) is 0 Å². The molecule has 2 saturated carbocycles. The number of aliphatic hydroxyl groups is 7. The molecule has 12 nitrogen and oxygen atoms in total. The summed E-state index contributed by atoms with van der Waals surface area (Å²) in [5.74, 6) is -3.21. The molecule has 13 atom stereocenters. The summed E-state index contributed by atoms with van der Waals surface area (Å²) in [6.45, 7) is 13.1. The molecule has 0 amide bonds. The molecule has 0 spiro atoms. The lowest BCUT2D eigenvalue weighted by Gasteiger charge is -2.63. The van der Waals surface area contributed by atoms with Crippen LogP contribution in [0.3, 0.4) is 0 Å². The number of hydrogen-bond donors (Lipinski definition) is 7. The lowest BCUT2D eigenvalue weighted by molar-refractivity contribution is -0.291. The van der Waals surface area contributed by atoms with Crippen LogP contribution in [-0.2, 0) is 23.9 Å². The van der Waals surface area contributed by atoms with E-state index in [4.69, 9.17) is 9.47 Å². The van der Waals surface area contributed by atoms with E-state index < -0.39 is 99.7 Å². The number of carbonyl (C=O) groups excluding carboxylic acids is 3. The van der Waals surface area contributed by atoms with Crippen molar-refractivity contribution in [1.82, 2.24) is 0 Å². The molecule has 5 rings (SSSR count). The van der Waals surface area contributed by atoms with E-state index in [9.17, 15) is 50.1 Å². The van der Waals surface area contributed by atoms with Crippen LogP contribution in [0.4, 0.5) is 0 Å². The fourth-order valence-electron chi connectivity index (χ4n) is 10.2. The molecule has 3 fully saturated rings. The molecule has 1 heterocycles. The van der Waals surface area contributed by atoms with Gasteiger partial charge in [-0.3, -0.25) is 14.4 Å². The Bertz CT molecular complexity index is 1410. The van der Waals surface area contributed by atoms with E-state index in [1.807, 2.05) is 26.8 Å². The monoisotopic (exact) mass is 678 g/mol. The first-order valence-electron chi connectivity index (χ1n) is 17.0. The molecule has 0 aromatic heterocycles. The van der Waals surface area contributed by atoms with Crippen molar-refractivity contribution < 1.29 is 59.6 Å². The van der Waals surface area contributed by atoms with E-state index in [0.29, 0.717) is 6.42 Å². The topological polar surface area (TPSA) is 211 Å². The van der Waals surface area contributed by atoms with Crippen molar-refractivity contribution in [2.24, 2.45) is 39.4 Å². The zero-order valence-electron chi connectivity index (χ0n) is 29.3. The largest absolute Gasteiger partial charge is 0.459 e. The average molecular weight is 679 g/mol. The summed E-state index contributed by atoms with van der Waals surface area (Å²) in [7, 11) is 0. The van der Waals surface area contributed by atoms with Crippen LogP contribution in [0.15, 0.2) is 23.5 Å². The second kappa shape index (κ2) is 11.8. The zero-order valence-corrected chi connectivity index (χ0v) is 29.3. The number of ether oxygens (including phenoxy) is 2. The third-order valence-electron chi connectivity index (χ3n) is 13.2. The Morgan fingerprint density at radius 2 is 1.60 bits per heavy atom. The molecule has 7 N–H and O–H groups in total. The molecule has 0 bridgehead atoms. The number of Topliss-reactive ketones (excluding diaryl/α,β-unsaturated/α-hetero) is 3. The summed E-state index contributed by atoms with van der Waals surface area (Å²) in [5, 5.41) is 74.5. The maximum atomic E-state index is 14.7. The second-order valence-corrected chi connectivity index (χ2v) is 17.1. The molecule has 12 heteroatoms. The Balaban J connectivity index is 1.53. The Labute approximate surface area is 281 Å². The molecular formula is C36H54O12. The Hall–Kier alpha value is -2.03. The van der Waals surface area contributed by atoms with Gasteiger partial charge in [0.1, 0.15) is 35.8 Å². The summed E-state index contributed by atoms with van der Waals surface area (Å²) in [6.07, 6.45) is -4.80. The van der Waals surface area contributed by atoms with Gasteiger partial charge in [-0.15, -0.1) is 0 Å². The number of ketones is 3. The van der Waals surface area contributed by atoms with E-state index in [1.54, 1.807) is 33.8 Å². The molecule has 4 aliphatic carbocycles. The first kappa shape index (κ1) is 37.2. The number of hydrogen-bond acceptors (Lipinski definition) is 12. The summed E-state index contributed by atoms with van der Waals surface area (Å²) in [4.78, 5) is 42.0. The van der Waals surface area contributed by atoms with Gasteiger partial charge in [-0.25, -0.2) is 0 Å². The standard InChI is InChI=1S/C36H54O12/c1-31(2,45)12-11-23(39)36(8,46)28-19(38)14-33(5)22-10-9-17-18(35(22,7)24(40)15-34(28,33)6)13-20(29(44)32(17,3)4)47-30-27(43)26(42)25(41)21(16-37)48-30/h9,13,18-19,21-22,25-28,30,37-38,41-43,45-46H,10-12,14-16H2,1-8H3/t18-,19+,21-,22+,25-,26+,27-,28-,30-,33-,34+,35-,36-/m0/s1. The smallest absolute Gasteiger partial charge is 0.229 e. The average Bonchev–Trinajstić information content (AvgIpc) is 3.19. The highest BCUT2D eigenvalue weighted by atomic mass is 16.7. The van der Waals surface area contributed by atoms with Crippen molar-refractivity contribution >= 4 is 17.3 Å². The van der Waals surface area contributed by atoms with Gasteiger partial charge in [0.25, 0.3) is 0 Å². The Morgan fingerprint density at radius 1 is 0.979 bits per heavy atom. The van der Waals surface area contributed by atoms with Crippen molar-refractivity contribution in [2.75, 3.05) is 6.61 Å². The number of fused-ring (bicyclic) bond motifs is 5. The van der Waals surface area contributed by atoms with Crippen molar-refractivity contribution in [3.63, 3.8) is 0 Å². The summed E-state index contributed by atoms with van der Waals surface area (Å²) in [5.41, 5.74) is -6.30. The first-order valence-corrected chi connectivity index (χ1v) is 17.0. The van der Waals surface area contributed by atoms with Crippen molar-refractivity contribution in [3.05, 3.63) is 23.5 Å². The van der Waals surface area contributed by atoms with Crippen LogP contribution in [0.1, 0.15) is 87.5 Å². The minimum atomic E-state index is -1.97. The van der Waals surface area contributed by atoms with E-state index in [2.05, 4.69) is 0 Å². The number of allylic oxidation sites excluding steroid dienone is 4. The van der Waals surface area contributed by atoms with Gasteiger partial charge in [-0.2, -0.15) is 0 Å². The van der Waals surface area contributed by atoms with Gasteiger partial charge >= 0.3 is 0 Å². The van der Waals surface area contributed by atoms with E-state index in [-0.39, 0.29) is 43.1 Å². The van der Waals surface area contributed by atoms with E-state index >= 15 is 0 Å². The van der Waals surface area contributed by atoms with Crippen LogP contribution in [0.5, 0.6) is 0 Å². The molecular weight excluding hydrogens is 624 g/mol. The third kappa shape index (κ3) is 5.28. The van der Waals surface area contributed by atoms with Crippen LogP contribution >= 0.6 is 0 Å². The van der Waals surface area contributed by atoms with Gasteiger partial charge in [0.15, 0.2) is 11.5 Å². The van der Waals surface area contributed by atoms with Gasteiger partial charge in [-0.1, -0.05) is 32.4 Å². The zero-order chi connectivity index (χ0) is 36.2. The molecule has 0 aromatic carbocycles. The van der Waals surface area contributed by atoms with Crippen LogP contribution in [0, 0.1) is 39.4 Å². The normalized spacial score (nSPS) is 45.3. The number of carbonyl (C=O) groups is 3. The fraction of sp³-hybridized carbons (Fsp3) is 0.806. The van der Waals surface area contributed by atoms with E-state index in [0.717, 1.165) is 5.57 Å². The highest BCUT2D eigenvalue weighted by Gasteiger charge is 2.74. The molecule has 270 valence electrons. The van der Waals surface area contributed by atoms with Gasteiger partial charge < -0.3 is 45.2 Å². The Morgan fingerprint density at radius 3 is 2.19 bits per heavy atom. The fourth-order valence-corrected chi connectivity index (χ4v) is 10.2. The minimum absolute atomic E-state index is 0.0396. The highest BCUT2D eigenvalue weighted by molar-refractivity contribution is 6.02. The molecule has 48 heavy (non-hydrogen) atoms. The molecule has 1 saturated heterocycles. The van der Waals surface area contributed by atoms with Crippen LogP contribution in [-0.4, -0.2) is 108 Å². The van der Waals surface area contributed by atoms with Gasteiger partial charge in [0, 0.05) is 30.1 Å². The molecule has 0 aromatic rings. The quantitative estimate of drug-likeness (QED) is 0.180. The molecule has 1 aliphatic heterocycles. The summed E-state index contributed by atoms with van der Waals surface area (Å²) >= 11 is 0. The lowest BCUT2D eigenvalue weighted by atomic mass is 9.39. The van der Waals surface area contributed by atoms with Gasteiger partial charge in [0.2, 0.25) is 12.1 Å². The van der Waals surface area contributed by atoms with Crippen LogP contribution in [0.2, 0.25) is 0 Å². The van der Waals surface area contributed by atoms with Crippen LogP contribution < -0.4 is 0 Å². The number of aliphatic hydroxyl groups excluding tert-OH is 5. The van der Waals surface area contributed by atoms with Crippen molar-refractivity contribution in [2.45, 2.75) is 136 Å². The van der Waals surface area contributed by atoms with Crippen molar-refractivity contribution in [1.29, 1.82) is 0 Å². The molecule has 0 unspecified atom stereocenters. The van der Waals surface area contributed by atoms with Crippen LogP contribution in [0.25, 0.3) is 0 Å². The number of rotatable bonds is 8. The maximum Gasteiger partial charge on any atom is 0.229 e. The second-order valence-electron chi connectivity index (χ2n) is 17.1. The minimum Gasteiger partial charge on any atom is -0.459 e. The van der Waals surface area contributed by atoms with E-state index in [1.165, 1.54) is 6.92 Å². The maximum absolute atomic E-state index is 14.7. The molecule has 0 radical (unpaired) electrons. The lowest BCUT2D eigenvalue weighted by Crippen LogP contribution is -2.64. The predicted octanol–water partition coefficient (Wildman–Crippen LogP) is 1.10.